The molecule has 0 aliphatic carbocycles. The average Bonchev–Trinajstić information content (AvgIpc) is 3.29. The summed E-state index contributed by atoms with van der Waals surface area (Å²) in [6, 6.07) is 4.74. The largest absolute Gasteiger partial charge is 0.394 e. The molecule has 10 heteroatoms. The summed E-state index contributed by atoms with van der Waals surface area (Å²) in [5.74, 6) is -0.0356. The minimum atomic E-state index is -0.745. The highest BCUT2D eigenvalue weighted by molar-refractivity contribution is 6.30. The van der Waals surface area contributed by atoms with Crippen molar-refractivity contribution in [3.63, 3.8) is 0 Å². The van der Waals surface area contributed by atoms with E-state index in [1.807, 2.05) is 13.8 Å². The van der Waals surface area contributed by atoms with Gasteiger partial charge in [-0.15, -0.1) is 0 Å². The number of hydrogen-bond donors (Lipinski definition) is 4. The summed E-state index contributed by atoms with van der Waals surface area (Å²) >= 11 is 5.81. The summed E-state index contributed by atoms with van der Waals surface area (Å²) in [5, 5.41) is 24.8. The number of carbonyl (C=O) groups is 1. The second-order valence-electron chi connectivity index (χ2n) is 7.32. The number of halogens is 2. The highest BCUT2D eigenvalue weighted by Gasteiger charge is 2.18. The van der Waals surface area contributed by atoms with Gasteiger partial charge in [-0.2, -0.15) is 4.98 Å². The van der Waals surface area contributed by atoms with Crippen molar-refractivity contribution in [2.45, 2.75) is 32.4 Å². The lowest BCUT2D eigenvalue weighted by atomic mass is 10.1. The molecule has 0 saturated carbocycles. The Bertz CT molecular complexity index is 1090. The first-order valence-corrected chi connectivity index (χ1v) is 10.5. The van der Waals surface area contributed by atoms with Gasteiger partial charge in [-0.25, -0.2) is 9.37 Å². The molecule has 0 radical (unpaired) electrons. The molecule has 0 saturated heterocycles. The van der Waals surface area contributed by atoms with E-state index in [1.54, 1.807) is 29.2 Å². The molecule has 1 unspecified atom stereocenters. The first-order chi connectivity index (χ1) is 15.4. The van der Waals surface area contributed by atoms with Crippen LogP contribution in [0.5, 0.6) is 0 Å². The van der Waals surface area contributed by atoms with Crippen LogP contribution < -0.4 is 10.6 Å². The van der Waals surface area contributed by atoms with E-state index in [2.05, 4.69) is 20.6 Å². The van der Waals surface area contributed by atoms with Crippen LogP contribution in [0.2, 0.25) is 5.02 Å². The van der Waals surface area contributed by atoms with Crippen LogP contribution in [0.15, 0.2) is 42.9 Å². The van der Waals surface area contributed by atoms with Gasteiger partial charge in [-0.1, -0.05) is 24.6 Å². The number of carbonyl (C=O) groups excluding carboxylic acids is 1. The quantitative estimate of drug-likeness (QED) is 0.389. The third-order valence-corrected chi connectivity index (χ3v) is 5.31. The van der Waals surface area contributed by atoms with Crippen molar-refractivity contribution in [1.29, 1.82) is 0 Å². The zero-order valence-corrected chi connectivity index (χ0v) is 18.5. The smallest absolute Gasteiger partial charge is 0.253 e. The van der Waals surface area contributed by atoms with Gasteiger partial charge in [0.15, 0.2) is 0 Å². The molecule has 0 bridgehead atoms. The predicted octanol–water partition coefficient (Wildman–Crippen LogP) is 3.01. The van der Waals surface area contributed by atoms with Gasteiger partial charge in [0.05, 0.1) is 35.9 Å². The van der Waals surface area contributed by atoms with E-state index in [1.165, 1.54) is 18.2 Å². The van der Waals surface area contributed by atoms with Crippen LogP contribution in [-0.2, 0) is 0 Å². The van der Waals surface area contributed by atoms with Crippen LogP contribution in [0.4, 0.5) is 10.3 Å². The topological polar surface area (TPSA) is 112 Å². The van der Waals surface area contributed by atoms with E-state index in [4.69, 9.17) is 11.6 Å². The fraction of sp³-hybridized carbons (Fsp3) is 0.318. The standard InChI is InChI=1S/C22H25ClFN5O3/c1-3-16(11-30)26-22-25-9-13(2)20(28-22)29-7-6-15(10-29)21(32)27-19(12-31)14-4-5-18(24)17(23)8-14/h4-10,16,19,30-31H,3,11-12H2,1-2H3,(H,27,32)(H,25,26,28)/t16?,19-/m1/s1. The number of aryl methyl sites for hydroxylation is 1. The summed E-state index contributed by atoms with van der Waals surface area (Å²) in [7, 11) is 0. The number of amides is 1. The van der Waals surface area contributed by atoms with Gasteiger partial charge in [0, 0.05) is 24.2 Å². The van der Waals surface area contributed by atoms with Crippen molar-refractivity contribution < 1.29 is 19.4 Å². The molecule has 3 rings (SSSR count). The molecule has 2 atom stereocenters. The van der Waals surface area contributed by atoms with Gasteiger partial charge in [-0.05, 0) is 37.1 Å². The second-order valence-corrected chi connectivity index (χ2v) is 7.73. The SMILES string of the molecule is CCC(CO)Nc1ncc(C)c(-n2ccc(C(=O)N[C@H](CO)c3ccc(F)c(Cl)c3)c2)n1. The Balaban J connectivity index is 1.78. The van der Waals surface area contributed by atoms with Crippen LogP contribution >= 0.6 is 11.6 Å². The average molecular weight is 462 g/mol. The van der Waals surface area contributed by atoms with E-state index in [-0.39, 0.29) is 24.3 Å². The Morgan fingerprint density at radius 1 is 1.28 bits per heavy atom. The molecule has 0 aliphatic heterocycles. The van der Waals surface area contributed by atoms with Crippen LogP contribution in [-0.4, -0.2) is 49.9 Å². The number of anilines is 1. The lowest BCUT2D eigenvalue weighted by Gasteiger charge is -2.17. The lowest BCUT2D eigenvalue weighted by Crippen LogP contribution is -2.30. The molecular weight excluding hydrogens is 437 g/mol. The maximum absolute atomic E-state index is 13.4. The van der Waals surface area contributed by atoms with E-state index in [9.17, 15) is 19.4 Å². The highest BCUT2D eigenvalue weighted by atomic mass is 35.5. The second kappa shape index (κ2) is 10.5. The van der Waals surface area contributed by atoms with Gasteiger partial charge in [0.25, 0.3) is 5.91 Å². The Morgan fingerprint density at radius 2 is 2.06 bits per heavy atom. The Kier molecular flexibility index (Phi) is 7.79. The normalized spacial score (nSPS) is 12.9. The number of benzene rings is 1. The van der Waals surface area contributed by atoms with Gasteiger partial charge in [0.2, 0.25) is 5.95 Å². The Hall–Kier alpha value is -3.01. The van der Waals surface area contributed by atoms with Crippen molar-refractivity contribution in [1.82, 2.24) is 19.9 Å². The number of hydrogen-bond acceptors (Lipinski definition) is 6. The minimum absolute atomic E-state index is 0.0395. The van der Waals surface area contributed by atoms with Crippen molar-refractivity contribution in [2.24, 2.45) is 0 Å². The molecule has 2 heterocycles. The molecular formula is C22H25ClFN5O3. The number of aliphatic hydroxyl groups is 2. The van der Waals surface area contributed by atoms with Gasteiger partial charge >= 0.3 is 0 Å². The van der Waals surface area contributed by atoms with Gasteiger partial charge < -0.3 is 25.4 Å². The molecule has 2 aromatic heterocycles. The molecule has 0 spiro atoms. The molecule has 1 amide bonds. The zero-order valence-electron chi connectivity index (χ0n) is 17.7. The Labute approximate surface area is 190 Å². The summed E-state index contributed by atoms with van der Waals surface area (Å²) in [6.07, 6.45) is 5.68. The molecule has 32 heavy (non-hydrogen) atoms. The fourth-order valence-electron chi connectivity index (χ4n) is 3.09. The zero-order chi connectivity index (χ0) is 23.3. The molecule has 1 aromatic carbocycles. The molecule has 4 N–H and O–H groups in total. The molecule has 0 fully saturated rings. The first-order valence-electron chi connectivity index (χ1n) is 10.1. The number of nitrogens with one attached hydrogen (secondary N) is 2. The van der Waals surface area contributed by atoms with E-state index in [0.717, 1.165) is 5.56 Å². The number of nitrogens with zero attached hydrogens (tertiary/aromatic N) is 3. The maximum atomic E-state index is 13.4. The summed E-state index contributed by atoms with van der Waals surface area (Å²) in [4.78, 5) is 21.5. The van der Waals surface area contributed by atoms with E-state index < -0.39 is 17.8 Å². The maximum Gasteiger partial charge on any atom is 0.253 e. The van der Waals surface area contributed by atoms with Gasteiger partial charge in [-0.3, -0.25) is 4.79 Å². The molecule has 3 aromatic rings. The van der Waals surface area contributed by atoms with Crippen LogP contribution in [0.3, 0.4) is 0 Å². The van der Waals surface area contributed by atoms with Crippen molar-refractivity contribution >= 4 is 23.5 Å². The van der Waals surface area contributed by atoms with Crippen LogP contribution in [0.25, 0.3) is 5.82 Å². The van der Waals surface area contributed by atoms with Crippen molar-refractivity contribution in [3.05, 3.63) is 70.4 Å². The van der Waals surface area contributed by atoms with Crippen LogP contribution in [0, 0.1) is 12.7 Å². The number of aliphatic hydroxyl groups excluding tert-OH is 2. The first kappa shape index (κ1) is 23.6. The van der Waals surface area contributed by atoms with Crippen LogP contribution in [0.1, 0.15) is 40.9 Å². The third-order valence-electron chi connectivity index (χ3n) is 5.02. The third kappa shape index (κ3) is 5.42. The summed E-state index contributed by atoms with van der Waals surface area (Å²) in [6.45, 7) is 3.38. The fourth-order valence-corrected chi connectivity index (χ4v) is 3.28. The summed E-state index contributed by atoms with van der Waals surface area (Å²) in [5.41, 5.74) is 1.64. The van der Waals surface area contributed by atoms with Crippen molar-refractivity contribution in [3.8, 4) is 5.82 Å². The monoisotopic (exact) mass is 461 g/mol. The van der Waals surface area contributed by atoms with E-state index in [0.29, 0.717) is 29.3 Å². The predicted molar refractivity (Wildman–Crippen MR) is 120 cm³/mol. The number of aromatic nitrogens is 3. The highest BCUT2D eigenvalue weighted by Crippen LogP contribution is 2.22. The van der Waals surface area contributed by atoms with Gasteiger partial charge in [0.1, 0.15) is 11.6 Å². The van der Waals surface area contributed by atoms with E-state index >= 15 is 0 Å². The summed E-state index contributed by atoms with van der Waals surface area (Å²) < 4.78 is 15.1. The number of rotatable bonds is 9. The molecule has 0 aliphatic rings. The van der Waals surface area contributed by atoms with Crippen molar-refractivity contribution in [2.75, 3.05) is 18.5 Å². The molecule has 170 valence electrons. The lowest BCUT2D eigenvalue weighted by molar-refractivity contribution is 0.0916. The molecule has 8 nitrogen and oxygen atoms in total. The Morgan fingerprint density at radius 3 is 2.72 bits per heavy atom. The minimum Gasteiger partial charge on any atom is -0.394 e.